The maximum absolute atomic E-state index is 10.9. The highest BCUT2D eigenvalue weighted by atomic mass is 16.6. The van der Waals surface area contributed by atoms with Crippen molar-refractivity contribution in [1.29, 1.82) is 5.26 Å². The van der Waals surface area contributed by atoms with Gasteiger partial charge in [-0.15, -0.1) is 0 Å². The van der Waals surface area contributed by atoms with Crippen molar-refractivity contribution in [3.8, 4) is 6.07 Å². The van der Waals surface area contributed by atoms with Crippen LogP contribution in [-0.4, -0.2) is 14.7 Å². The molecule has 0 aliphatic rings. The Morgan fingerprint density at radius 1 is 1.58 bits per heavy atom. The van der Waals surface area contributed by atoms with Crippen LogP contribution in [0.25, 0.3) is 0 Å². The molecule has 0 unspecified atom stereocenters. The van der Waals surface area contributed by atoms with Gasteiger partial charge in [-0.05, 0) is 12.1 Å². The Labute approximate surface area is 109 Å². The van der Waals surface area contributed by atoms with Crippen LogP contribution in [0.15, 0.2) is 30.6 Å². The number of hydrogen-bond donors (Lipinski definition) is 1. The molecule has 0 radical (unpaired) electrons. The number of nitro groups is 1. The molecule has 1 heterocycles. The second-order valence-corrected chi connectivity index (χ2v) is 3.98. The average molecular weight is 257 g/mol. The molecule has 1 N–H and O–H groups in total. The van der Waals surface area contributed by atoms with E-state index < -0.39 is 4.92 Å². The standard InChI is InChI=1S/C12H11N5O2/c1-16-8-10(7-15-16)6-14-11-4-9(5-13)2-3-12(11)17(18)19/h2-4,7-8,14H,6H2,1H3. The minimum atomic E-state index is -0.479. The van der Waals surface area contributed by atoms with Crippen molar-refractivity contribution in [3.05, 3.63) is 51.8 Å². The number of aryl methyl sites for hydroxylation is 1. The van der Waals surface area contributed by atoms with Gasteiger partial charge in [0.15, 0.2) is 0 Å². The van der Waals surface area contributed by atoms with Gasteiger partial charge in [0.05, 0.1) is 22.8 Å². The predicted molar refractivity (Wildman–Crippen MR) is 68.3 cm³/mol. The molecule has 19 heavy (non-hydrogen) atoms. The third-order valence-corrected chi connectivity index (χ3v) is 2.56. The van der Waals surface area contributed by atoms with Crippen LogP contribution in [0, 0.1) is 21.4 Å². The van der Waals surface area contributed by atoms with Crippen LogP contribution in [-0.2, 0) is 13.6 Å². The predicted octanol–water partition coefficient (Wildman–Crippen LogP) is 1.81. The van der Waals surface area contributed by atoms with Gasteiger partial charge < -0.3 is 5.32 Å². The van der Waals surface area contributed by atoms with Crippen LogP contribution in [0.2, 0.25) is 0 Å². The van der Waals surface area contributed by atoms with Gasteiger partial charge in [-0.1, -0.05) is 0 Å². The Morgan fingerprint density at radius 2 is 2.37 bits per heavy atom. The molecule has 0 fully saturated rings. The van der Waals surface area contributed by atoms with Crippen molar-refractivity contribution in [2.45, 2.75) is 6.54 Å². The molecule has 1 aromatic heterocycles. The highest BCUT2D eigenvalue weighted by molar-refractivity contribution is 5.64. The molecule has 7 heteroatoms. The summed E-state index contributed by atoms with van der Waals surface area (Å²) in [6.45, 7) is 0.406. The first kappa shape index (κ1) is 12.6. The highest BCUT2D eigenvalue weighted by Crippen LogP contribution is 2.25. The van der Waals surface area contributed by atoms with Crippen molar-refractivity contribution < 1.29 is 4.92 Å². The quantitative estimate of drug-likeness (QED) is 0.665. The van der Waals surface area contributed by atoms with Crippen LogP contribution in [0.1, 0.15) is 11.1 Å². The molecule has 2 rings (SSSR count). The molecular weight excluding hydrogens is 246 g/mol. The van der Waals surface area contributed by atoms with E-state index in [1.54, 1.807) is 17.9 Å². The van der Waals surface area contributed by atoms with Gasteiger partial charge >= 0.3 is 0 Å². The number of nitrogens with one attached hydrogen (secondary N) is 1. The maximum atomic E-state index is 10.9. The lowest BCUT2D eigenvalue weighted by Gasteiger charge is -2.05. The third kappa shape index (κ3) is 2.87. The van der Waals surface area contributed by atoms with Crippen LogP contribution in [0.4, 0.5) is 11.4 Å². The SMILES string of the molecule is Cn1cc(CNc2cc(C#N)ccc2[N+](=O)[O-])cn1. The van der Waals surface area contributed by atoms with E-state index in [0.29, 0.717) is 17.8 Å². The van der Waals surface area contributed by atoms with Crippen LogP contribution in [0.5, 0.6) is 0 Å². The summed E-state index contributed by atoms with van der Waals surface area (Å²) in [5, 5.41) is 26.7. The monoisotopic (exact) mass is 257 g/mol. The van der Waals surface area contributed by atoms with Gasteiger partial charge in [-0.25, -0.2) is 0 Å². The minimum Gasteiger partial charge on any atom is -0.375 e. The Morgan fingerprint density at radius 3 is 2.95 bits per heavy atom. The Balaban J connectivity index is 2.22. The Bertz CT molecular complexity index is 656. The zero-order valence-corrected chi connectivity index (χ0v) is 10.2. The number of nitriles is 1. The van der Waals surface area contributed by atoms with Gasteiger partial charge in [0, 0.05) is 31.4 Å². The Hall–Kier alpha value is -2.88. The van der Waals surface area contributed by atoms with E-state index >= 15 is 0 Å². The van der Waals surface area contributed by atoms with E-state index in [-0.39, 0.29) is 5.69 Å². The van der Waals surface area contributed by atoms with E-state index in [2.05, 4.69) is 10.4 Å². The molecule has 0 saturated carbocycles. The summed E-state index contributed by atoms with van der Waals surface area (Å²) in [7, 11) is 1.79. The molecule has 0 aliphatic heterocycles. The fraction of sp³-hybridized carbons (Fsp3) is 0.167. The van der Waals surface area contributed by atoms with E-state index in [1.165, 1.54) is 18.2 Å². The fourth-order valence-electron chi connectivity index (χ4n) is 1.67. The van der Waals surface area contributed by atoms with E-state index in [4.69, 9.17) is 5.26 Å². The van der Waals surface area contributed by atoms with Gasteiger partial charge in [-0.2, -0.15) is 10.4 Å². The van der Waals surface area contributed by atoms with Crippen molar-refractivity contribution in [1.82, 2.24) is 9.78 Å². The van der Waals surface area contributed by atoms with Gasteiger partial charge in [0.2, 0.25) is 0 Å². The maximum Gasteiger partial charge on any atom is 0.292 e. The van der Waals surface area contributed by atoms with Crippen molar-refractivity contribution >= 4 is 11.4 Å². The first-order chi connectivity index (χ1) is 9.10. The van der Waals surface area contributed by atoms with Crippen molar-refractivity contribution in [2.75, 3.05) is 5.32 Å². The van der Waals surface area contributed by atoms with Crippen molar-refractivity contribution in [3.63, 3.8) is 0 Å². The smallest absolute Gasteiger partial charge is 0.292 e. The van der Waals surface area contributed by atoms with Gasteiger partial charge in [0.25, 0.3) is 5.69 Å². The summed E-state index contributed by atoms with van der Waals surface area (Å²) in [4.78, 5) is 10.4. The lowest BCUT2D eigenvalue weighted by Crippen LogP contribution is -2.02. The minimum absolute atomic E-state index is 0.0529. The molecular formula is C12H11N5O2. The first-order valence-electron chi connectivity index (χ1n) is 5.50. The molecule has 2 aromatic rings. The molecule has 0 atom stereocenters. The molecule has 0 aliphatic carbocycles. The van der Waals surface area contributed by atoms with Crippen LogP contribution >= 0.6 is 0 Å². The molecule has 0 bridgehead atoms. The van der Waals surface area contributed by atoms with E-state index in [1.807, 2.05) is 12.3 Å². The lowest BCUT2D eigenvalue weighted by molar-refractivity contribution is -0.384. The average Bonchev–Trinajstić information content (AvgIpc) is 2.81. The summed E-state index contributed by atoms with van der Waals surface area (Å²) in [6, 6.07) is 6.17. The molecule has 1 aromatic carbocycles. The topological polar surface area (TPSA) is 96.8 Å². The number of nitro benzene ring substituents is 1. The zero-order valence-electron chi connectivity index (χ0n) is 10.2. The molecule has 96 valence electrons. The number of benzene rings is 1. The van der Waals surface area contributed by atoms with Crippen LogP contribution < -0.4 is 5.32 Å². The first-order valence-corrected chi connectivity index (χ1v) is 5.50. The summed E-state index contributed by atoms with van der Waals surface area (Å²) >= 11 is 0. The Kier molecular flexibility index (Phi) is 3.43. The summed E-state index contributed by atoms with van der Waals surface area (Å²) in [6.07, 6.45) is 3.49. The number of hydrogen-bond acceptors (Lipinski definition) is 5. The summed E-state index contributed by atoms with van der Waals surface area (Å²) < 4.78 is 1.65. The number of anilines is 1. The van der Waals surface area contributed by atoms with E-state index in [9.17, 15) is 10.1 Å². The second-order valence-electron chi connectivity index (χ2n) is 3.98. The van der Waals surface area contributed by atoms with Gasteiger partial charge in [-0.3, -0.25) is 14.8 Å². The zero-order chi connectivity index (χ0) is 13.8. The number of aromatic nitrogens is 2. The molecule has 0 amide bonds. The number of nitrogens with zero attached hydrogens (tertiary/aromatic N) is 4. The number of rotatable bonds is 4. The third-order valence-electron chi connectivity index (χ3n) is 2.56. The molecule has 0 saturated heterocycles. The highest BCUT2D eigenvalue weighted by Gasteiger charge is 2.14. The van der Waals surface area contributed by atoms with Crippen LogP contribution in [0.3, 0.4) is 0 Å². The molecule has 0 spiro atoms. The molecule has 7 nitrogen and oxygen atoms in total. The second kappa shape index (κ2) is 5.18. The van der Waals surface area contributed by atoms with Gasteiger partial charge in [0.1, 0.15) is 5.69 Å². The summed E-state index contributed by atoms with van der Waals surface area (Å²) in [5.74, 6) is 0. The lowest BCUT2D eigenvalue weighted by atomic mass is 10.2. The fourth-order valence-corrected chi connectivity index (χ4v) is 1.67. The summed E-state index contributed by atoms with van der Waals surface area (Å²) in [5.41, 5.74) is 1.55. The largest absolute Gasteiger partial charge is 0.375 e. The van der Waals surface area contributed by atoms with Crippen molar-refractivity contribution in [2.24, 2.45) is 7.05 Å². The van der Waals surface area contributed by atoms with E-state index in [0.717, 1.165) is 5.56 Å². The normalized spacial score (nSPS) is 9.89.